The molecular formula is C33H30N2O3. The summed E-state index contributed by atoms with van der Waals surface area (Å²) in [4.78, 5) is 12.8. The van der Waals surface area contributed by atoms with E-state index >= 15 is 0 Å². The van der Waals surface area contributed by atoms with E-state index in [1.54, 1.807) is 37.5 Å². The van der Waals surface area contributed by atoms with Crippen LogP contribution in [0.25, 0.3) is 6.08 Å². The van der Waals surface area contributed by atoms with Gasteiger partial charge in [0.2, 0.25) is 0 Å². The number of carbonyl (C=O) groups is 1. The molecule has 4 aromatic rings. The van der Waals surface area contributed by atoms with Gasteiger partial charge in [0, 0.05) is 12.1 Å². The number of rotatable bonds is 9. The Kier molecular flexibility index (Phi) is 8.58. The summed E-state index contributed by atoms with van der Waals surface area (Å²) in [6, 6.07) is 31.2. The van der Waals surface area contributed by atoms with Gasteiger partial charge in [-0.2, -0.15) is 5.26 Å². The van der Waals surface area contributed by atoms with Crippen molar-refractivity contribution in [2.45, 2.75) is 26.9 Å². The summed E-state index contributed by atoms with van der Waals surface area (Å²) in [7, 11) is 1.62. The monoisotopic (exact) mass is 502 g/mol. The Labute approximate surface area is 224 Å². The number of hydrogen-bond acceptors (Lipinski definition) is 4. The lowest BCUT2D eigenvalue weighted by Crippen LogP contribution is -2.13. The predicted octanol–water partition coefficient (Wildman–Crippen LogP) is 7.03. The average Bonchev–Trinajstić information content (AvgIpc) is 2.92. The van der Waals surface area contributed by atoms with E-state index < -0.39 is 5.91 Å². The normalized spacial score (nSPS) is 10.9. The van der Waals surface area contributed by atoms with E-state index in [0.29, 0.717) is 29.4 Å². The first-order valence-electron chi connectivity index (χ1n) is 12.4. The molecule has 0 unspecified atom stereocenters. The van der Waals surface area contributed by atoms with Crippen molar-refractivity contribution in [1.29, 1.82) is 5.26 Å². The molecule has 0 saturated carbocycles. The fourth-order valence-electron chi connectivity index (χ4n) is 4.28. The Morgan fingerprint density at radius 2 is 1.61 bits per heavy atom. The Balaban J connectivity index is 1.42. The fourth-order valence-corrected chi connectivity index (χ4v) is 4.28. The second kappa shape index (κ2) is 12.4. The number of anilines is 1. The third kappa shape index (κ3) is 7.11. The largest absolute Gasteiger partial charge is 0.496 e. The van der Waals surface area contributed by atoms with Crippen molar-refractivity contribution in [3.63, 3.8) is 0 Å². The molecule has 0 aliphatic heterocycles. The van der Waals surface area contributed by atoms with E-state index in [4.69, 9.17) is 9.47 Å². The Hall–Kier alpha value is -4.82. The molecule has 4 aromatic carbocycles. The number of carbonyl (C=O) groups excluding carboxylic acids is 1. The molecule has 38 heavy (non-hydrogen) atoms. The van der Waals surface area contributed by atoms with Crippen LogP contribution in [0, 0.1) is 25.2 Å². The highest BCUT2D eigenvalue weighted by atomic mass is 16.5. The summed E-state index contributed by atoms with van der Waals surface area (Å²) in [6.45, 7) is 4.63. The molecular weight excluding hydrogens is 472 g/mol. The number of amides is 1. The highest BCUT2D eigenvalue weighted by molar-refractivity contribution is 6.09. The van der Waals surface area contributed by atoms with Crippen LogP contribution in [0.15, 0.2) is 96.6 Å². The average molecular weight is 503 g/mol. The van der Waals surface area contributed by atoms with Gasteiger partial charge in [-0.1, -0.05) is 71.8 Å². The third-order valence-corrected chi connectivity index (χ3v) is 6.02. The van der Waals surface area contributed by atoms with E-state index in [1.807, 2.05) is 54.6 Å². The van der Waals surface area contributed by atoms with Gasteiger partial charge in [0.25, 0.3) is 5.91 Å². The van der Waals surface area contributed by atoms with Crippen LogP contribution >= 0.6 is 0 Å². The van der Waals surface area contributed by atoms with Gasteiger partial charge in [-0.25, -0.2) is 0 Å². The first-order valence-corrected chi connectivity index (χ1v) is 12.4. The van der Waals surface area contributed by atoms with Crippen LogP contribution in [0.2, 0.25) is 0 Å². The van der Waals surface area contributed by atoms with Crippen LogP contribution in [0.3, 0.4) is 0 Å². The second-order valence-corrected chi connectivity index (χ2v) is 9.17. The lowest BCUT2D eigenvalue weighted by Gasteiger charge is -2.11. The standard InChI is InChI=1S/C33H30N2O3/c1-23-15-24(2)17-27(16-23)19-28-10-9-26(20-32(28)37-3)18-29(21-34)33(36)35-30-11-13-31(14-12-30)38-22-25-7-5-4-6-8-25/h4-18,20H,19,22H2,1-3H3,(H,35,36)/b29-18+. The van der Waals surface area contributed by atoms with Gasteiger partial charge < -0.3 is 14.8 Å². The van der Waals surface area contributed by atoms with Gasteiger partial charge >= 0.3 is 0 Å². The lowest BCUT2D eigenvalue weighted by molar-refractivity contribution is -0.112. The van der Waals surface area contributed by atoms with Gasteiger partial charge in [-0.05, 0) is 72.5 Å². The summed E-state index contributed by atoms with van der Waals surface area (Å²) in [6.07, 6.45) is 2.29. The number of aryl methyl sites for hydroxylation is 2. The van der Waals surface area contributed by atoms with E-state index in [0.717, 1.165) is 17.5 Å². The summed E-state index contributed by atoms with van der Waals surface area (Å²) in [5.74, 6) is 0.918. The van der Waals surface area contributed by atoms with Crippen molar-refractivity contribution in [3.8, 4) is 17.6 Å². The number of benzene rings is 4. The quantitative estimate of drug-likeness (QED) is 0.197. The zero-order valence-electron chi connectivity index (χ0n) is 21.8. The molecule has 0 saturated heterocycles. The molecule has 0 bridgehead atoms. The molecule has 4 rings (SSSR count). The Morgan fingerprint density at radius 3 is 2.26 bits per heavy atom. The van der Waals surface area contributed by atoms with Gasteiger partial charge in [-0.15, -0.1) is 0 Å². The van der Waals surface area contributed by atoms with Crippen LogP contribution in [0.4, 0.5) is 5.69 Å². The number of nitriles is 1. The highest BCUT2D eigenvalue weighted by Gasteiger charge is 2.12. The molecule has 0 aromatic heterocycles. The van der Waals surface area contributed by atoms with E-state index in [1.165, 1.54) is 16.7 Å². The van der Waals surface area contributed by atoms with Crippen molar-refractivity contribution in [3.05, 3.63) is 130 Å². The van der Waals surface area contributed by atoms with Gasteiger partial charge in [0.1, 0.15) is 29.7 Å². The molecule has 0 fully saturated rings. The minimum Gasteiger partial charge on any atom is -0.496 e. The van der Waals surface area contributed by atoms with Crippen LogP contribution in [0.5, 0.6) is 11.5 Å². The SMILES string of the molecule is COc1cc(/C=C(\C#N)C(=O)Nc2ccc(OCc3ccccc3)cc2)ccc1Cc1cc(C)cc(C)c1. The van der Waals surface area contributed by atoms with Crippen LogP contribution in [-0.4, -0.2) is 13.0 Å². The summed E-state index contributed by atoms with van der Waals surface area (Å²) in [5.41, 5.74) is 7.04. The van der Waals surface area contributed by atoms with Crippen LogP contribution < -0.4 is 14.8 Å². The zero-order valence-corrected chi connectivity index (χ0v) is 21.8. The number of ether oxygens (including phenoxy) is 2. The Morgan fingerprint density at radius 1 is 0.895 bits per heavy atom. The minimum atomic E-state index is -0.483. The molecule has 0 aliphatic rings. The molecule has 0 aliphatic carbocycles. The molecule has 0 heterocycles. The van der Waals surface area contributed by atoms with Gasteiger partial charge in [-0.3, -0.25) is 4.79 Å². The topological polar surface area (TPSA) is 71.3 Å². The van der Waals surface area contributed by atoms with Crippen molar-refractivity contribution in [2.75, 3.05) is 12.4 Å². The first kappa shape index (κ1) is 26.2. The molecule has 1 N–H and O–H groups in total. The third-order valence-electron chi connectivity index (χ3n) is 6.02. The zero-order chi connectivity index (χ0) is 26.9. The maximum Gasteiger partial charge on any atom is 0.266 e. The second-order valence-electron chi connectivity index (χ2n) is 9.17. The molecule has 1 amide bonds. The van der Waals surface area contributed by atoms with E-state index in [-0.39, 0.29) is 5.57 Å². The molecule has 5 nitrogen and oxygen atoms in total. The maximum absolute atomic E-state index is 12.8. The molecule has 190 valence electrons. The number of methoxy groups -OCH3 is 1. The highest BCUT2D eigenvalue weighted by Crippen LogP contribution is 2.26. The van der Waals surface area contributed by atoms with Crippen molar-refractivity contribution >= 4 is 17.7 Å². The van der Waals surface area contributed by atoms with Gasteiger partial charge in [0.15, 0.2) is 0 Å². The van der Waals surface area contributed by atoms with Gasteiger partial charge in [0.05, 0.1) is 7.11 Å². The molecule has 0 atom stereocenters. The molecule has 5 heteroatoms. The molecule has 0 spiro atoms. The van der Waals surface area contributed by atoms with E-state index in [2.05, 4.69) is 37.4 Å². The predicted molar refractivity (Wildman–Crippen MR) is 151 cm³/mol. The van der Waals surface area contributed by atoms with Crippen LogP contribution in [-0.2, 0) is 17.8 Å². The van der Waals surface area contributed by atoms with Crippen molar-refractivity contribution in [2.24, 2.45) is 0 Å². The van der Waals surface area contributed by atoms with E-state index in [9.17, 15) is 10.1 Å². The minimum absolute atomic E-state index is 0.00137. The Bertz CT molecular complexity index is 1460. The van der Waals surface area contributed by atoms with Crippen molar-refractivity contribution in [1.82, 2.24) is 0 Å². The summed E-state index contributed by atoms with van der Waals surface area (Å²) < 4.78 is 11.4. The number of nitrogens with zero attached hydrogens (tertiary/aromatic N) is 1. The lowest BCUT2D eigenvalue weighted by atomic mass is 9.98. The van der Waals surface area contributed by atoms with Crippen molar-refractivity contribution < 1.29 is 14.3 Å². The smallest absolute Gasteiger partial charge is 0.266 e. The maximum atomic E-state index is 12.8. The molecule has 0 radical (unpaired) electrons. The van der Waals surface area contributed by atoms with Crippen LogP contribution in [0.1, 0.15) is 33.4 Å². The fraction of sp³-hybridized carbons (Fsp3) is 0.152. The summed E-state index contributed by atoms with van der Waals surface area (Å²) in [5, 5.41) is 12.4. The first-order chi connectivity index (χ1) is 18.4. The summed E-state index contributed by atoms with van der Waals surface area (Å²) >= 11 is 0. The number of nitrogens with one attached hydrogen (secondary N) is 1. The number of hydrogen-bond donors (Lipinski definition) is 1.